The van der Waals surface area contributed by atoms with Crippen molar-refractivity contribution in [2.24, 2.45) is 11.3 Å². The zero-order valence-electron chi connectivity index (χ0n) is 24.7. The summed E-state index contributed by atoms with van der Waals surface area (Å²) < 4.78 is 26.3. The molecule has 1 amide bonds. The molecule has 0 saturated heterocycles. The largest absolute Gasteiger partial charge is 0.345 e. The number of rotatable bonds is 15. The molecule has 0 fully saturated rings. The lowest BCUT2D eigenvalue weighted by molar-refractivity contribution is -0.120. The topological polar surface area (TPSA) is 41.1 Å². The van der Waals surface area contributed by atoms with Gasteiger partial charge in [-0.3, -0.25) is 4.79 Å². The number of allylic oxidation sites excluding steroid dienone is 14. The number of unbranched alkanes of at least 4 members (excludes halogenated alkanes) is 1. The van der Waals surface area contributed by atoms with Crippen molar-refractivity contribution in [3.8, 4) is 12.0 Å². The quantitative estimate of drug-likeness (QED) is 0.0930. The van der Waals surface area contributed by atoms with E-state index >= 15 is 0 Å². The van der Waals surface area contributed by atoms with Gasteiger partial charge >= 0.3 is 0 Å². The average molecular weight is 549 g/mol. The van der Waals surface area contributed by atoms with Crippen molar-refractivity contribution in [1.29, 1.82) is 0 Å². The minimum Gasteiger partial charge on any atom is -0.345 e. The number of alkyl halides is 1. The maximum absolute atomic E-state index is 13.6. The van der Waals surface area contributed by atoms with Crippen molar-refractivity contribution in [3.05, 3.63) is 108 Å². The van der Waals surface area contributed by atoms with Crippen molar-refractivity contribution in [2.45, 2.75) is 66.2 Å². The molecule has 0 aromatic carbocycles. The van der Waals surface area contributed by atoms with Gasteiger partial charge in [0, 0.05) is 18.2 Å². The van der Waals surface area contributed by atoms with Crippen LogP contribution in [-0.2, 0) is 4.79 Å². The Kier molecular flexibility index (Phi) is 16.7. The van der Waals surface area contributed by atoms with Gasteiger partial charge in [0.1, 0.15) is 12.5 Å². The monoisotopic (exact) mass is 548 g/mol. The number of carbonyl (C=O) groups excluding carboxylic acids is 1. The van der Waals surface area contributed by atoms with Crippen molar-refractivity contribution in [2.75, 3.05) is 13.2 Å². The van der Waals surface area contributed by atoms with E-state index in [0.717, 1.165) is 36.1 Å². The highest BCUT2D eigenvalue weighted by Gasteiger charge is 2.15. The van der Waals surface area contributed by atoms with E-state index in [1.54, 1.807) is 12.2 Å². The predicted octanol–water partition coefficient (Wildman–Crippen LogP) is 8.66. The smallest absolute Gasteiger partial charge is 0.220 e. The van der Waals surface area contributed by atoms with Crippen LogP contribution in [0.2, 0.25) is 0 Å². The first-order valence-corrected chi connectivity index (χ1v) is 13.9. The third-order valence-corrected chi connectivity index (χ3v) is 6.39. The molecular formula is C35H46F2N2O. The van der Waals surface area contributed by atoms with E-state index in [2.05, 4.69) is 80.8 Å². The first-order chi connectivity index (χ1) is 19.1. The number of hydrogen-bond acceptors (Lipinski definition) is 2. The van der Waals surface area contributed by atoms with Gasteiger partial charge in [0.05, 0.1) is 6.54 Å². The minimum absolute atomic E-state index is 0.0556. The maximum atomic E-state index is 13.6. The fraction of sp³-hybridized carbons (Fsp3) is 0.400. The summed E-state index contributed by atoms with van der Waals surface area (Å²) >= 11 is 0. The molecule has 40 heavy (non-hydrogen) atoms. The summed E-state index contributed by atoms with van der Waals surface area (Å²) in [4.78, 5) is 12.2. The third kappa shape index (κ3) is 14.5. The highest BCUT2D eigenvalue weighted by atomic mass is 19.1. The number of amides is 1. The van der Waals surface area contributed by atoms with Gasteiger partial charge in [0.25, 0.3) is 0 Å². The molecule has 1 rings (SSSR count). The molecule has 0 aliphatic heterocycles. The summed E-state index contributed by atoms with van der Waals surface area (Å²) in [5, 5.41) is 5.84. The summed E-state index contributed by atoms with van der Waals surface area (Å²) in [6.45, 7) is 15.8. The van der Waals surface area contributed by atoms with Crippen LogP contribution in [0.5, 0.6) is 0 Å². The first kappa shape index (κ1) is 34.4. The van der Waals surface area contributed by atoms with Gasteiger partial charge in [-0.05, 0) is 72.8 Å². The molecule has 1 unspecified atom stereocenters. The van der Waals surface area contributed by atoms with E-state index in [1.807, 2.05) is 13.0 Å². The van der Waals surface area contributed by atoms with E-state index in [-0.39, 0.29) is 29.6 Å². The zero-order chi connectivity index (χ0) is 29.8. The Labute approximate surface area is 241 Å². The summed E-state index contributed by atoms with van der Waals surface area (Å²) in [5.41, 5.74) is 4.12. The Morgan fingerprint density at radius 2 is 1.95 bits per heavy atom. The van der Waals surface area contributed by atoms with Gasteiger partial charge in [-0.2, -0.15) is 0 Å². The van der Waals surface area contributed by atoms with E-state index < -0.39 is 6.67 Å². The Balaban J connectivity index is 2.47. The molecule has 1 aliphatic carbocycles. The van der Waals surface area contributed by atoms with Crippen LogP contribution in [0.15, 0.2) is 108 Å². The Morgan fingerprint density at radius 1 is 1.18 bits per heavy atom. The molecule has 0 radical (unpaired) electrons. The van der Waals surface area contributed by atoms with Crippen LogP contribution < -0.4 is 10.6 Å². The van der Waals surface area contributed by atoms with Crippen molar-refractivity contribution >= 4 is 5.91 Å². The van der Waals surface area contributed by atoms with Crippen molar-refractivity contribution < 1.29 is 13.6 Å². The van der Waals surface area contributed by atoms with E-state index in [4.69, 9.17) is 0 Å². The Morgan fingerprint density at radius 3 is 2.62 bits per heavy atom. The number of nitrogens with one attached hydrogen (secondary N) is 2. The Bertz CT molecular complexity index is 1130. The Hall–Kier alpha value is -3.65. The average Bonchev–Trinajstić information content (AvgIpc) is 3.18. The predicted molar refractivity (Wildman–Crippen MR) is 166 cm³/mol. The van der Waals surface area contributed by atoms with Gasteiger partial charge in [-0.1, -0.05) is 101 Å². The standard InChI is InChI=1S/C35H46F2N2O/c1-7-15-33(37)21-12-18-31(29(8-2)19-13-25-36)16-9-10-22-34(40)39-27-14-26-38-28(3)30-17-11-20-32(24-23-30)35(4,5)6/h7-8,12-13,15,17,19-21,23-24,31,38H,1,3,9-11,16,18,22,25,27H2,2,4-6H3,(H,39,40)/b19-13-,21-12-,29-8+,33-15+. The number of carbonyl (C=O) groups is 1. The highest BCUT2D eigenvalue weighted by molar-refractivity contribution is 5.76. The lowest BCUT2D eigenvalue weighted by atomic mass is 9.86. The van der Waals surface area contributed by atoms with Crippen LogP contribution in [0, 0.1) is 23.3 Å². The summed E-state index contributed by atoms with van der Waals surface area (Å²) in [6.07, 6.45) is 23.8. The summed E-state index contributed by atoms with van der Waals surface area (Å²) in [7, 11) is 0. The molecular weight excluding hydrogens is 502 g/mol. The summed E-state index contributed by atoms with van der Waals surface area (Å²) in [6, 6.07) is 2.86. The lowest BCUT2D eigenvalue weighted by Gasteiger charge is -2.19. The second-order valence-corrected chi connectivity index (χ2v) is 10.5. The number of hydrogen-bond donors (Lipinski definition) is 2. The van der Waals surface area contributed by atoms with E-state index in [1.165, 1.54) is 29.9 Å². The van der Waals surface area contributed by atoms with Crippen molar-refractivity contribution in [3.63, 3.8) is 0 Å². The van der Waals surface area contributed by atoms with Gasteiger partial charge in [-0.25, -0.2) is 8.78 Å². The fourth-order valence-electron chi connectivity index (χ4n) is 4.13. The van der Waals surface area contributed by atoms with Gasteiger partial charge in [-0.15, -0.1) is 0 Å². The molecule has 0 bridgehead atoms. The van der Waals surface area contributed by atoms with Crippen LogP contribution in [-0.4, -0.2) is 19.1 Å². The molecule has 0 aromatic heterocycles. The molecule has 0 heterocycles. The second-order valence-electron chi connectivity index (χ2n) is 10.5. The van der Waals surface area contributed by atoms with Crippen LogP contribution in [0.3, 0.4) is 0 Å². The molecule has 2 N–H and O–H groups in total. The molecule has 3 nitrogen and oxygen atoms in total. The molecule has 5 heteroatoms. The maximum Gasteiger partial charge on any atom is 0.220 e. The van der Waals surface area contributed by atoms with E-state index in [9.17, 15) is 13.6 Å². The molecule has 0 spiro atoms. The normalized spacial score (nSPS) is 15.2. The minimum atomic E-state index is -0.534. The molecule has 0 aromatic rings. The SMILES string of the molecule is C=C/C=C(F)\C=C/CC(CCCCC(=O)NCC#CNC(=C)C1=CCC=C(C(C)(C)C)C=C1)C(/C=C\CF)=C/C. The van der Waals surface area contributed by atoms with Crippen LogP contribution in [0.1, 0.15) is 66.2 Å². The molecule has 216 valence electrons. The number of halogens is 2. The van der Waals surface area contributed by atoms with Gasteiger partial charge < -0.3 is 10.6 Å². The third-order valence-electron chi connectivity index (χ3n) is 6.39. The summed E-state index contributed by atoms with van der Waals surface area (Å²) in [5.74, 6) is 2.61. The van der Waals surface area contributed by atoms with Gasteiger partial charge in [0.2, 0.25) is 5.91 Å². The second kappa shape index (κ2) is 19.4. The highest BCUT2D eigenvalue weighted by Crippen LogP contribution is 2.29. The van der Waals surface area contributed by atoms with Crippen LogP contribution in [0.4, 0.5) is 8.78 Å². The molecule has 1 aliphatic rings. The van der Waals surface area contributed by atoms with E-state index in [0.29, 0.717) is 19.3 Å². The zero-order valence-corrected chi connectivity index (χ0v) is 24.7. The van der Waals surface area contributed by atoms with Crippen molar-refractivity contribution in [1.82, 2.24) is 10.6 Å². The first-order valence-electron chi connectivity index (χ1n) is 13.9. The van der Waals surface area contributed by atoms with Crippen LogP contribution in [0.25, 0.3) is 0 Å². The fourth-order valence-corrected chi connectivity index (χ4v) is 4.13. The van der Waals surface area contributed by atoms with Crippen LogP contribution >= 0.6 is 0 Å². The molecule has 0 saturated carbocycles. The van der Waals surface area contributed by atoms with Gasteiger partial charge in [0.15, 0.2) is 0 Å². The molecule has 1 atom stereocenters. The lowest BCUT2D eigenvalue weighted by Crippen LogP contribution is -2.23.